The Balaban J connectivity index is 1.64. The van der Waals surface area contributed by atoms with Crippen molar-refractivity contribution >= 4 is 63.8 Å². The molecule has 0 bridgehead atoms. The Morgan fingerprint density at radius 1 is 1.06 bits per heavy atom. The number of halogens is 2. The van der Waals surface area contributed by atoms with Crippen LogP contribution in [0.15, 0.2) is 66.2 Å². The third kappa shape index (κ3) is 5.33. The van der Waals surface area contributed by atoms with E-state index in [9.17, 15) is 14.4 Å². The summed E-state index contributed by atoms with van der Waals surface area (Å²) in [5, 5.41) is 2.47. The second-order valence-corrected chi connectivity index (χ2v) is 9.35. The summed E-state index contributed by atoms with van der Waals surface area (Å²) in [6.45, 7) is 2.05. The quantitative estimate of drug-likeness (QED) is 0.229. The van der Waals surface area contributed by atoms with E-state index in [-0.39, 0.29) is 17.2 Å². The summed E-state index contributed by atoms with van der Waals surface area (Å²) in [4.78, 5) is 39.1. The molecular formula is C26H20ClIN2O5. The van der Waals surface area contributed by atoms with E-state index in [0.29, 0.717) is 28.3 Å². The zero-order valence-electron chi connectivity index (χ0n) is 18.8. The number of hydrogen-bond acceptors (Lipinski definition) is 5. The van der Waals surface area contributed by atoms with Gasteiger partial charge in [-0.15, -0.1) is 0 Å². The number of ether oxygens (including phenoxy) is 2. The van der Waals surface area contributed by atoms with Crippen molar-refractivity contribution in [2.24, 2.45) is 0 Å². The summed E-state index contributed by atoms with van der Waals surface area (Å²) >= 11 is 8.71. The first-order valence-electron chi connectivity index (χ1n) is 10.5. The molecule has 1 saturated heterocycles. The number of carbonyl (C=O) groups excluding carboxylic acids is 3. The minimum atomic E-state index is -0.804. The van der Waals surface area contributed by atoms with E-state index in [2.05, 4.69) is 27.9 Å². The highest BCUT2D eigenvalue weighted by Gasteiger charge is 2.37. The molecule has 0 saturated carbocycles. The standard InChI is InChI=1S/C26H20ClIN2O5/c1-15-5-3-4-6-21(15)30-25(32)19(24(31)29-26(30)33)11-17-12-20(27)23(22(13-17)34-2)35-14-16-7-9-18(28)10-8-16/h3-13H,14H2,1-2H3,(H,29,31,33)/b19-11+. The number of methoxy groups -OCH3 is 1. The van der Waals surface area contributed by atoms with E-state index in [1.165, 1.54) is 13.2 Å². The van der Waals surface area contributed by atoms with Gasteiger partial charge in [0.2, 0.25) is 0 Å². The highest BCUT2D eigenvalue weighted by atomic mass is 127. The molecule has 0 radical (unpaired) electrons. The minimum absolute atomic E-state index is 0.210. The summed E-state index contributed by atoms with van der Waals surface area (Å²) in [5.74, 6) is -0.850. The summed E-state index contributed by atoms with van der Waals surface area (Å²) < 4.78 is 12.5. The zero-order chi connectivity index (χ0) is 25.1. The Kier molecular flexibility index (Phi) is 7.42. The Morgan fingerprint density at radius 3 is 2.46 bits per heavy atom. The van der Waals surface area contributed by atoms with Crippen molar-refractivity contribution in [3.8, 4) is 11.5 Å². The van der Waals surface area contributed by atoms with Gasteiger partial charge >= 0.3 is 6.03 Å². The van der Waals surface area contributed by atoms with Gasteiger partial charge in [-0.25, -0.2) is 9.69 Å². The third-order valence-corrected chi connectivity index (χ3v) is 6.32. The van der Waals surface area contributed by atoms with Crippen LogP contribution in [0.5, 0.6) is 11.5 Å². The summed E-state index contributed by atoms with van der Waals surface area (Å²) in [7, 11) is 1.47. The Bertz CT molecular complexity index is 1350. The number of anilines is 1. The van der Waals surface area contributed by atoms with Crippen molar-refractivity contribution in [2.75, 3.05) is 12.0 Å². The van der Waals surface area contributed by atoms with Crippen LogP contribution in [-0.4, -0.2) is 25.0 Å². The molecule has 0 unspecified atom stereocenters. The van der Waals surface area contributed by atoms with Crippen LogP contribution in [-0.2, 0) is 16.2 Å². The molecule has 35 heavy (non-hydrogen) atoms. The number of nitrogens with one attached hydrogen (secondary N) is 1. The van der Waals surface area contributed by atoms with Gasteiger partial charge in [-0.1, -0.05) is 41.9 Å². The largest absolute Gasteiger partial charge is 0.493 e. The number of nitrogens with zero attached hydrogens (tertiary/aromatic N) is 1. The number of aryl methyl sites for hydroxylation is 1. The smallest absolute Gasteiger partial charge is 0.335 e. The van der Waals surface area contributed by atoms with E-state index in [0.717, 1.165) is 14.0 Å². The zero-order valence-corrected chi connectivity index (χ0v) is 21.7. The molecule has 0 aromatic heterocycles. The number of barbiturate groups is 1. The molecule has 4 rings (SSSR count). The van der Waals surface area contributed by atoms with Gasteiger partial charge in [-0.3, -0.25) is 14.9 Å². The number of hydrogen-bond donors (Lipinski definition) is 1. The fourth-order valence-corrected chi connectivity index (χ4v) is 4.19. The van der Waals surface area contributed by atoms with Crippen molar-refractivity contribution in [3.63, 3.8) is 0 Å². The van der Waals surface area contributed by atoms with E-state index in [1.807, 2.05) is 24.3 Å². The lowest BCUT2D eigenvalue weighted by molar-refractivity contribution is -0.122. The fourth-order valence-electron chi connectivity index (χ4n) is 3.56. The van der Waals surface area contributed by atoms with Crippen molar-refractivity contribution < 1.29 is 23.9 Å². The van der Waals surface area contributed by atoms with Gasteiger partial charge < -0.3 is 9.47 Å². The molecule has 7 nitrogen and oxygen atoms in total. The Morgan fingerprint density at radius 2 is 1.77 bits per heavy atom. The molecule has 0 atom stereocenters. The van der Waals surface area contributed by atoms with E-state index in [1.54, 1.807) is 43.3 Å². The van der Waals surface area contributed by atoms with Crippen LogP contribution in [0, 0.1) is 10.5 Å². The second-order valence-electron chi connectivity index (χ2n) is 7.69. The molecule has 1 aliphatic heterocycles. The molecule has 178 valence electrons. The summed E-state index contributed by atoms with van der Waals surface area (Å²) in [5.41, 5.74) is 2.29. The predicted octanol–water partition coefficient (Wildman–Crippen LogP) is 5.51. The van der Waals surface area contributed by atoms with E-state index >= 15 is 0 Å². The highest BCUT2D eigenvalue weighted by molar-refractivity contribution is 14.1. The molecule has 9 heteroatoms. The lowest BCUT2D eigenvalue weighted by atomic mass is 10.1. The third-order valence-electron chi connectivity index (χ3n) is 5.32. The lowest BCUT2D eigenvalue weighted by Crippen LogP contribution is -2.54. The van der Waals surface area contributed by atoms with Crippen LogP contribution < -0.4 is 19.7 Å². The maximum Gasteiger partial charge on any atom is 0.335 e. The molecule has 3 aromatic carbocycles. The molecule has 4 amide bonds. The van der Waals surface area contributed by atoms with Gasteiger partial charge in [-0.05, 0) is 82.6 Å². The van der Waals surface area contributed by atoms with Gasteiger partial charge in [-0.2, -0.15) is 0 Å². The van der Waals surface area contributed by atoms with E-state index in [4.69, 9.17) is 21.1 Å². The first-order valence-corrected chi connectivity index (χ1v) is 12.0. The number of para-hydroxylation sites is 1. The molecule has 1 fully saturated rings. The SMILES string of the molecule is COc1cc(/C=C2\C(=O)NC(=O)N(c3ccccc3C)C2=O)cc(Cl)c1OCc1ccc(I)cc1. The first-order chi connectivity index (χ1) is 16.8. The number of imide groups is 2. The van der Waals surface area contributed by atoms with Crippen molar-refractivity contribution in [3.05, 3.63) is 91.5 Å². The molecular weight excluding hydrogens is 583 g/mol. The van der Waals surface area contributed by atoms with Crippen LogP contribution in [0.1, 0.15) is 16.7 Å². The first kappa shape index (κ1) is 24.7. The van der Waals surface area contributed by atoms with Gasteiger partial charge in [0, 0.05) is 3.57 Å². The Hall–Kier alpha value is -3.37. The summed E-state index contributed by atoms with van der Waals surface area (Å²) in [6, 6.07) is 17.1. The molecule has 1 aliphatic rings. The van der Waals surface area contributed by atoms with Gasteiger partial charge in [0.1, 0.15) is 12.2 Å². The summed E-state index contributed by atoms with van der Waals surface area (Å²) in [6.07, 6.45) is 1.37. The number of amides is 4. The number of urea groups is 1. The monoisotopic (exact) mass is 602 g/mol. The van der Waals surface area contributed by atoms with Crippen molar-refractivity contribution in [1.29, 1.82) is 0 Å². The maximum absolute atomic E-state index is 13.2. The second kappa shape index (κ2) is 10.5. The Labute approximate surface area is 220 Å². The average molecular weight is 603 g/mol. The number of carbonyl (C=O) groups is 3. The minimum Gasteiger partial charge on any atom is -0.493 e. The topological polar surface area (TPSA) is 84.9 Å². The van der Waals surface area contributed by atoms with Crippen LogP contribution in [0.4, 0.5) is 10.5 Å². The lowest BCUT2D eigenvalue weighted by Gasteiger charge is -2.27. The van der Waals surface area contributed by atoms with Crippen molar-refractivity contribution in [1.82, 2.24) is 5.32 Å². The van der Waals surface area contributed by atoms with Crippen LogP contribution in [0.25, 0.3) is 6.08 Å². The van der Waals surface area contributed by atoms with Crippen LogP contribution in [0.3, 0.4) is 0 Å². The van der Waals surface area contributed by atoms with Gasteiger partial charge in [0.25, 0.3) is 11.8 Å². The van der Waals surface area contributed by atoms with Gasteiger partial charge in [0.05, 0.1) is 17.8 Å². The average Bonchev–Trinajstić information content (AvgIpc) is 2.83. The maximum atomic E-state index is 13.2. The molecule has 0 spiro atoms. The van der Waals surface area contributed by atoms with Gasteiger partial charge in [0.15, 0.2) is 11.5 Å². The molecule has 1 heterocycles. The fraction of sp³-hybridized carbons (Fsp3) is 0.115. The molecule has 3 aromatic rings. The number of rotatable bonds is 6. The molecule has 1 N–H and O–H groups in total. The van der Waals surface area contributed by atoms with Crippen LogP contribution >= 0.6 is 34.2 Å². The normalized spacial score (nSPS) is 14.8. The molecule has 0 aliphatic carbocycles. The highest BCUT2D eigenvalue weighted by Crippen LogP contribution is 2.38. The predicted molar refractivity (Wildman–Crippen MR) is 142 cm³/mol. The van der Waals surface area contributed by atoms with Crippen molar-refractivity contribution in [2.45, 2.75) is 13.5 Å². The van der Waals surface area contributed by atoms with E-state index < -0.39 is 17.8 Å². The van der Waals surface area contributed by atoms with Crippen LogP contribution in [0.2, 0.25) is 5.02 Å². The number of benzene rings is 3.